The number of rotatable bonds is 6. The maximum absolute atomic E-state index is 6.06. The fourth-order valence-corrected chi connectivity index (χ4v) is 2.50. The molecule has 2 aromatic rings. The van der Waals surface area contributed by atoms with Crippen molar-refractivity contribution in [1.82, 2.24) is 29.7 Å². The summed E-state index contributed by atoms with van der Waals surface area (Å²) in [6, 6.07) is 0. The van der Waals surface area contributed by atoms with Crippen LogP contribution in [0.25, 0.3) is 5.95 Å². The average Bonchev–Trinajstić information content (AvgIpc) is 3.39. The van der Waals surface area contributed by atoms with Crippen molar-refractivity contribution in [2.45, 2.75) is 25.7 Å². The lowest BCUT2D eigenvalue weighted by molar-refractivity contribution is 0.654. The van der Waals surface area contributed by atoms with Crippen LogP contribution in [-0.2, 0) is 0 Å². The van der Waals surface area contributed by atoms with Crippen molar-refractivity contribution < 1.29 is 0 Å². The molecule has 2 saturated carbocycles. The minimum atomic E-state index is 0.196. The van der Waals surface area contributed by atoms with Crippen molar-refractivity contribution in [3.63, 3.8) is 0 Å². The van der Waals surface area contributed by atoms with E-state index >= 15 is 0 Å². The highest BCUT2D eigenvalue weighted by Crippen LogP contribution is 2.35. The summed E-state index contributed by atoms with van der Waals surface area (Å²) in [6.45, 7) is 2.02. The molecule has 2 heterocycles. The van der Waals surface area contributed by atoms with Gasteiger partial charge in [0.05, 0.1) is 0 Å². The van der Waals surface area contributed by atoms with Crippen molar-refractivity contribution in [1.29, 1.82) is 0 Å². The second kappa shape index (κ2) is 5.22. The van der Waals surface area contributed by atoms with E-state index in [2.05, 4.69) is 29.9 Å². The summed E-state index contributed by atoms with van der Waals surface area (Å²) >= 11 is 6.06. The molecule has 0 saturated heterocycles. The number of hydrogen-bond acceptors (Lipinski definition) is 6. The van der Waals surface area contributed by atoms with Crippen LogP contribution in [-0.4, -0.2) is 42.8 Å². The molecule has 2 aliphatic rings. The van der Waals surface area contributed by atoms with Crippen LogP contribution in [0, 0.1) is 11.8 Å². The lowest BCUT2D eigenvalue weighted by Gasteiger charge is -2.22. The van der Waals surface area contributed by atoms with E-state index in [-0.39, 0.29) is 5.28 Å². The monoisotopic (exact) mass is 305 g/mol. The first-order valence-corrected chi connectivity index (χ1v) is 7.67. The van der Waals surface area contributed by atoms with Gasteiger partial charge in [-0.25, -0.2) is 4.98 Å². The standard InChI is InChI=1S/C13H16ClN7/c14-11-17-12(19-13(18-11)21-8-15-7-16-21)20(5-9-1-2-9)6-10-3-4-10/h7-10H,1-6H2. The van der Waals surface area contributed by atoms with Gasteiger partial charge in [0, 0.05) is 13.1 Å². The number of nitrogens with zero attached hydrogens (tertiary/aromatic N) is 7. The molecule has 2 fully saturated rings. The van der Waals surface area contributed by atoms with E-state index in [4.69, 9.17) is 11.6 Å². The molecule has 0 atom stereocenters. The Balaban J connectivity index is 1.64. The topological polar surface area (TPSA) is 72.6 Å². The van der Waals surface area contributed by atoms with Crippen LogP contribution in [0.5, 0.6) is 0 Å². The van der Waals surface area contributed by atoms with E-state index in [1.165, 1.54) is 36.7 Å². The van der Waals surface area contributed by atoms with Crippen molar-refractivity contribution in [3.8, 4) is 5.95 Å². The maximum Gasteiger partial charge on any atom is 0.258 e. The molecular formula is C13H16ClN7. The maximum atomic E-state index is 6.06. The Hall–Kier alpha value is -1.76. The summed E-state index contributed by atoms with van der Waals surface area (Å²) in [5.41, 5.74) is 0. The smallest absolute Gasteiger partial charge is 0.258 e. The molecule has 0 aromatic carbocycles. The molecule has 110 valence electrons. The van der Waals surface area contributed by atoms with Gasteiger partial charge in [0.25, 0.3) is 5.95 Å². The molecule has 7 nitrogen and oxygen atoms in total. The molecule has 4 rings (SSSR count). The summed E-state index contributed by atoms with van der Waals surface area (Å²) in [7, 11) is 0. The largest absolute Gasteiger partial charge is 0.340 e. The minimum absolute atomic E-state index is 0.196. The Labute approximate surface area is 127 Å². The predicted octanol–water partition coefficient (Wildman–Crippen LogP) is 1.73. The fraction of sp³-hybridized carbons (Fsp3) is 0.615. The molecule has 2 aliphatic carbocycles. The van der Waals surface area contributed by atoms with E-state index in [9.17, 15) is 0 Å². The van der Waals surface area contributed by atoms with E-state index in [1.807, 2.05) is 0 Å². The Morgan fingerprint density at radius 1 is 1.10 bits per heavy atom. The molecule has 0 radical (unpaired) electrons. The third kappa shape index (κ3) is 3.12. The van der Waals surface area contributed by atoms with Gasteiger partial charge >= 0.3 is 0 Å². The summed E-state index contributed by atoms with van der Waals surface area (Å²) < 4.78 is 1.50. The van der Waals surface area contributed by atoms with Gasteiger partial charge in [-0.15, -0.1) is 0 Å². The summed E-state index contributed by atoms with van der Waals surface area (Å²) in [5, 5.41) is 4.25. The van der Waals surface area contributed by atoms with Crippen LogP contribution in [0.1, 0.15) is 25.7 Å². The van der Waals surface area contributed by atoms with Gasteiger partial charge < -0.3 is 4.90 Å². The highest BCUT2D eigenvalue weighted by Gasteiger charge is 2.30. The fourth-order valence-electron chi connectivity index (χ4n) is 2.35. The SMILES string of the molecule is Clc1nc(N(CC2CC2)CC2CC2)nc(-n2cncn2)n1. The van der Waals surface area contributed by atoms with Crippen molar-refractivity contribution in [2.75, 3.05) is 18.0 Å². The summed E-state index contributed by atoms with van der Waals surface area (Å²) in [6.07, 6.45) is 8.21. The molecule has 0 bridgehead atoms. The van der Waals surface area contributed by atoms with Crippen LogP contribution in [0.3, 0.4) is 0 Å². The molecule has 0 aliphatic heterocycles. The molecule has 8 heteroatoms. The molecular weight excluding hydrogens is 290 g/mol. The van der Waals surface area contributed by atoms with Gasteiger partial charge in [0.2, 0.25) is 11.2 Å². The van der Waals surface area contributed by atoms with Gasteiger partial charge in [-0.1, -0.05) is 0 Å². The quantitative estimate of drug-likeness (QED) is 0.809. The Bertz CT molecular complexity index is 607. The highest BCUT2D eigenvalue weighted by atomic mass is 35.5. The van der Waals surface area contributed by atoms with Crippen molar-refractivity contribution in [3.05, 3.63) is 17.9 Å². The predicted molar refractivity (Wildman–Crippen MR) is 77.4 cm³/mol. The summed E-state index contributed by atoms with van der Waals surface area (Å²) in [5.74, 6) is 2.61. The molecule has 21 heavy (non-hydrogen) atoms. The summed E-state index contributed by atoms with van der Waals surface area (Å²) in [4.78, 5) is 19.1. The Kier molecular flexibility index (Phi) is 3.21. The lowest BCUT2D eigenvalue weighted by atomic mass is 10.3. The van der Waals surface area contributed by atoms with Gasteiger partial charge in [0.1, 0.15) is 12.7 Å². The van der Waals surface area contributed by atoms with Gasteiger partial charge in [-0.3, -0.25) is 0 Å². The lowest BCUT2D eigenvalue weighted by Crippen LogP contribution is -2.30. The normalized spacial score (nSPS) is 18.0. The average molecular weight is 306 g/mol. The number of aromatic nitrogens is 6. The molecule has 0 unspecified atom stereocenters. The highest BCUT2D eigenvalue weighted by molar-refractivity contribution is 6.28. The molecule has 0 amide bonds. The number of halogens is 1. The number of hydrogen-bond donors (Lipinski definition) is 0. The van der Waals surface area contributed by atoms with Crippen LogP contribution in [0.15, 0.2) is 12.7 Å². The van der Waals surface area contributed by atoms with E-state index < -0.39 is 0 Å². The second-order valence-corrected chi connectivity index (χ2v) is 6.17. The molecule has 0 spiro atoms. The zero-order valence-electron chi connectivity index (χ0n) is 11.6. The molecule has 0 N–H and O–H groups in total. The third-order valence-electron chi connectivity index (χ3n) is 3.84. The number of anilines is 1. The first-order valence-electron chi connectivity index (χ1n) is 7.29. The first-order chi connectivity index (χ1) is 10.3. The van der Waals surface area contributed by atoms with Crippen LogP contribution in [0.4, 0.5) is 5.95 Å². The second-order valence-electron chi connectivity index (χ2n) is 5.84. The third-order valence-corrected chi connectivity index (χ3v) is 4.01. The van der Waals surface area contributed by atoms with Gasteiger partial charge in [0.15, 0.2) is 0 Å². The van der Waals surface area contributed by atoms with Crippen LogP contribution in [0.2, 0.25) is 5.28 Å². The zero-order chi connectivity index (χ0) is 14.2. The van der Waals surface area contributed by atoms with E-state index in [1.54, 1.807) is 6.33 Å². The zero-order valence-corrected chi connectivity index (χ0v) is 12.3. The Morgan fingerprint density at radius 2 is 1.81 bits per heavy atom. The van der Waals surface area contributed by atoms with Gasteiger partial charge in [-0.05, 0) is 49.1 Å². The van der Waals surface area contributed by atoms with Crippen molar-refractivity contribution >= 4 is 17.5 Å². The minimum Gasteiger partial charge on any atom is -0.340 e. The first kappa shape index (κ1) is 12.9. The molecule has 2 aromatic heterocycles. The van der Waals surface area contributed by atoms with Crippen LogP contribution >= 0.6 is 11.6 Å². The van der Waals surface area contributed by atoms with Gasteiger partial charge in [-0.2, -0.15) is 24.7 Å². The van der Waals surface area contributed by atoms with Crippen molar-refractivity contribution in [2.24, 2.45) is 11.8 Å². The van der Waals surface area contributed by atoms with E-state index in [0.717, 1.165) is 24.9 Å². The van der Waals surface area contributed by atoms with E-state index in [0.29, 0.717) is 11.9 Å². The van der Waals surface area contributed by atoms with Crippen LogP contribution < -0.4 is 4.90 Å². The Morgan fingerprint density at radius 3 is 2.38 bits per heavy atom.